The van der Waals surface area contributed by atoms with Crippen molar-refractivity contribution in [1.29, 1.82) is 0 Å². The second kappa shape index (κ2) is 34.8. The summed E-state index contributed by atoms with van der Waals surface area (Å²) in [5.41, 5.74) is 3.12. The number of Topliss-reactive ketones (excluding diaryl/α,β-unsaturated/α-hetero) is 1. The molecule has 1 N–H and O–H groups in total. The van der Waals surface area contributed by atoms with Crippen molar-refractivity contribution >= 4 is 20.3 Å². The summed E-state index contributed by atoms with van der Waals surface area (Å²) in [4.78, 5) is 22.2. The van der Waals surface area contributed by atoms with Gasteiger partial charge in [0.1, 0.15) is 17.6 Å². The van der Waals surface area contributed by atoms with E-state index < -0.39 is 6.10 Å². The fourth-order valence-electron chi connectivity index (χ4n) is 5.81. The van der Waals surface area contributed by atoms with Crippen LogP contribution < -0.4 is 9.47 Å². The van der Waals surface area contributed by atoms with Gasteiger partial charge in [0.25, 0.3) is 0 Å². The Morgan fingerprint density at radius 2 is 1.37 bits per heavy atom. The van der Waals surface area contributed by atoms with Crippen molar-refractivity contribution in [3.63, 3.8) is 0 Å². The van der Waals surface area contributed by atoms with E-state index >= 15 is 0 Å². The Bertz CT molecular complexity index is 1610. The molecule has 0 spiro atoms. The van der Waals surface area contributed by atoms with Gasteiger partial charge in [0.05, 0.1) is 34.0 Å². The number of benzene rings is 2. The number of hydrogen-bond acceptors (Lipinski definition) is 10. The summed E-state index contributed by atoms with van der Waals surface area (Å²) >= 11 is 0. The van der Waals surface area contributed by atoms with Crippen LogP contribution in [0.1, 0.15) is 111 Å². The minimum Gasteiger partial charge on any atom is -0.496 e. The van der Waals surface area contributed by atoms with Crippen molar-refractivity contribution in [3.05, 3.63) is 84.0 Å². The van der Waals surface area contributed by atoms with Crippen molar-refractivity contribution < 1.29 is 47.9 Å². The number of ether oxygens (including phenoxy) is 7. The van der Waals surface area contributed by atoms with Crippen molar-refractivity contribution in [2.24, 2.45) is 0 Å². The Kier molecular flexibility index (Phi) is 31.3. The molecule has 3 atom stereocenters. The number of aliphatic hydroxyl groups is 1. The minimum atomic E-state index is -0.826. The molecule has 10 nitrogen and oxygen atoms in total. The molecule has 0 bridgehead atoms. The van der Waals surface area contributed by atoms with Gasteiger partial charge in [0.15, 0.2) is 12.6 Å². The molecule has 2 aliphatic heterocycles. The molecule has 326 valence electrons. The fourth-order valence-corrected chi connectivity index (χ4v) is 5.81. The maximum absolute atomic E-state index is 12.4. The normalized spacial score (nSPS) is 15.8. The lowest BCUT2D eigenvalue weighted by Crippen LogP contribution is -2.22. The van der Waals surface area contributed by atoms with Gasteiger partial charge in [0, 0.05) is 49.7 Å². The quantitative estimate of drug-likeness (QED) is 0.0314. The minimum absolute atomic E-state index is 0.0504. The highest BCUT2D eigenvalue weighted by molar-refractivity contribution is 7.35. The highest BCUT2D eigenvalue weighted by Gasteiger charge is 2.16. The molecule has 2 aliphatic rings. The van der Waals surface area contributed by atoms with Gasteiger partial charge in [-0.3, -0.25) is 9.59 Å². The number of rotatable bonds is 17. The van der Waals surface area contributed by atoms with E-state index in [0.29, 0.717) is 56.8 Å². The second-order valence-corrected chi connectivity index (χ2v) is 14.3. The van der Waals surface area contributed by atoms with Crippen LogP contribution in [-0.2, 0) is 41.3 Å². The van der Waals surface area contributed by atoms with Crippen LogP contribution in [0.4, 0.5) is 0 Å². The number of carbonyl (C=O) groups excluding carboxylic acids is 2. The number of allylic oxidation sites excluding steroid dienone is 2. The number of methoxy groups -OCH3 is 2. The Morgan fingerprint density at radius 3 is 1.85 bits per heavy atom. The summed E-state index contributed by atoms with van der Waals surface area (Å²) in [6, 6.07) is 11.1. The zero-order chi connectivity index (χ0) is 43.5. The van der Waals surface area contributed by atoms with Crippen LogP contribution in [-0.4, -0.2) is 90.0 Å². The van der Waals surface area contributed by atoms with Crippen LogP contribution in [0.3, 0.4) is 0 Å². The van der Waals surface area contributed by atoms with Gasteiger partial charge in [0.2, 0.25) is 5.78 Å². The van der Waals surface area contributed by atoms with Crippen LogP contribution in [0.2, 0.25) is 0 Å². The van der Waals surface area contributed by atoms with Gasteiger partial charge < -0.3 is 38.3 Å². The monoisotopic (exact) mass is 836 g/mol. The van der Waals surface area contributed by atoms with Crippen molar-refractivity contribution in [2.45, 2.75) is 110 Å². The van der Waals surface area contributed by atoms with Crippen molar-refractivity contribution in [3.8, 4) is 35.2 Å². The largest absolute Gasteiger partial charge is 0.496 e. The Hall–Kier alpha value is -3.99. The Balaban J connectivity index is 0.000000490. The lowest BCUT2D eigenvalue weighted by atomic mass is 9.99. The molecule has 0 radical (unpaired) electrons. The lowest BCUT2D eigenvalue weighted by Gasteiger charge is -2.22. The van der Waals surface area contributed by atoms with Crippen LogP contribution in [0.5, 0.6) is 11.5 Å². The van der Waals surface area contributed by atoms with Gasteiger partial charge in [-0.25, -0.2) is 0 Å². The smallest absolute Gasteiger partial charge is 0.302 e. The van der Waals surface area contributed by atoms with Crippen molar-refractivity contribution in [2.75, 3.05) is 60.6 Å². The maximum atomic E-state index is 12.4. The first-order chi connectivity index (χ1) is 28.7. The number of unbranched alkanes of at least 4 members (excludes halogenated alkanes) is 2. The first kappa shape index (κ1) is 53.0. The highest BCUT2D eigenvalue weighted by atomic mass is 31.1. The summed E-state index contributed by atoms with van der Waals surface area (Å²) in [7, 11) is 4.30. The third-order valence-electron chi connectivity index (χ3n) is 8.54. The molecule has 2 saturated heterocycles. The second-order valence-electron chi connectivity index (χ2n) is 13.3. The predicted octanol–water partition coefficient (Wildman–Crippen LogP) is 9.21. The van der Waals surface area contributed by atoms with E-state index in [9.17, 15) is 14.7 Å². The van der Waals surface area contributed by atoms with E-state index in [4.69, 9.17) is 28.4 Å². The topological polar surface area (TPSA) is 119 Å². The van der Waals surface area contributed by atoms with E-state index in [2.05, 4.69) is 54.9 Å². The molecule has 4 rings (SSSR count). The molecule has 11 heteroatoms. The lowest BCUT2D eigenvalue weighted by molar-refractivity contribution is -0.162. The number of carbonyl (C=O) groups is 2. The van der Waals surface area contributed by atoms with Crippen LogP contribution >= 0.6 is 8.58 Å². The molecule has 0 saturated carbocycles. The molecule has 2 fully saturated rings. The molecule has 2 aromatic rings. The first-order valence-electron chi connectivity index (χ1n) is 20.6. The van der Waals surface area contributed by atoms with Crippen LogP contribution in [0, 0.1) is 23.7 Å². The SMILES string of the molecule is C=CCc1c(OC)cccc1C(=O)C#CCCCOC1CCCCO1.C=CCc1c(OC)cccc1C(O)C#CCCCOC1CCCCO1.CCOC(C)=O.CPC. The maximum Gasteiger partial charge on any atom is 0.302 e. The number of aliphatic hydroxyl groups excluding tert-OH is 1. The third-order valence-corrected chi connectivity index (χ3v) is 8.54. The summed E-state index contributed by atoms with van der Waals surface area (Å²) in [6.45, 7) is 18.3. The van der Waals surface area contributed by atoms with Gasteiger partial charge >= 0.3 is 5.97 Å². The van der Waals surface area contributed by atoms with E-state index in [1.54, 1.807) is 45.4 Å². The van der Waals surface area contributed by atoms with Crippen LogP contribution in [0.25, 0.3) is 0 Å². The molecule has 59 heavy (non-hydrogen) atoms. The van der Waals surface area contributed by atoms with Crippen molar-refractivity contribution in [1.82, 2.24) is 0 Å². The fraction of sp³-hybridized carbons (Fsp3) is 0.542. The molecule has 3 unspecified atom stereocenters. The van der Waals surface area contributed by atoms with Gasteiger partial charge in [-0.15, -0.1) is 27.7 Å². The average molecular weight is 837 g/mol. The third kappa shape index (κ3) is 23.4. The van der Waals surface area contributed by atoms with E-state index in [1.165, 1.54) is 13.3 Å². The van der Waals surface area contributed by atoms with Gasteiger partial charge in [-0.05, 0) is 114 Å². The average Bonchev–Trinajstić information content (AvgIpc) is 3.25. The Labute approximate surface area is 356 Å². The van der Waals surface area contributed by atoms with Crippen LogP contribution in [0.15, 0.2) is 61.7 Å². The summed E-state index contributed by atoms with van der Waals surface area (Å²) in [5, 5.41) is 10.4. The summed E-state index contributed by atoms with van der Waals surface area (Å²) in [6.07, 6.45) is 13.3. The summed E-state index contributed by atoms with van der Waals surface area (Å²) in [5.74, 6) is 12.7. The van der Waals surface area contributed by atoms with E-state index in [-0.39, 0.29) is 24.3 Å². The standard InChI is InChI=1S/C21H28O4.C21H26O4.C4H8O2.C2H7P/c2*1-3-10-18-17(11-9-13-20(18)23-2)19(22)12-5-4-7-15-24-21-14-6-8-16-25-21;1-3-6-4(2)5;1-3-2/h3,9,11,13,19,21-22H,1,4,6-8,10,14-16H2,2H3;3,9,11,13,21H,1,4,6-8,10,14-16H2,2H3;3H2,1-2H3;3H,1-2H3. The highest BCUT2D eigenvalue weighted by Crippen LogP contribution is 2.28. The number of hydrogen-bond donors (Lipinski definition) is 1. The molecule has 0 amide bonds. The summed E-state index contributed by atoms with van der Waals surface area (Å²) < 4.78 is 37.5. The predicted molar refractivity (Wildman–Crippen MR) is 239 cm³/mol. The molecular weight excluding hydrogens is 767 g/mol. The molecule has 0 aromatic heterocycles. The van der Waals surface area contributed by atoms with E-state index in [1.807, 2.05) is 24.3 Å². The molecular formula is C48H69O10P. The first-order valence-corrected chi connectivity index (χ1v) is 22.6. The molecule has 2 aromatic carbocycles. The Morgan fingerprint density at radius 1 is 0.847 bits per heavy atom. The van der Waals surface area contributed by atoms with Gasteiger partial charge in [-0.2, -0.15) is 0 Å². The molecule has 2 heterocycles. The zero-order valence-corrected chi connectivity index (χ0v) is 37.4. The van der Waals surface area contributed by atoms with Gasteiger partial charge in [-0.1, -0.05) is 42.2 Å². The number of ketones is 1. The molecule has 0 aliphatic carbocycles. The van der Waals surface area contributed by atoms with E-state index in [0.717, 1.165) is 89.2 Å². The number of esters is 1. The zero-order valence-electron chi connectivity index (χ0n) is 36.4.